The molecular formula is C10H11N3O. The third kappa shape index (κ3) is 2.56. The molecular weight excluding hydrogens is 178 g/mol. The molecule has 14 heavy (non-hydrogen) atoms. The van der Waals surface area contributed by atoms with Crippen molar-refractivity contribution in [1.29, 1.82) is 0 Å². The number of carbonyl (C=O) groups is 1. The highest BCUT2D eigenvalue weighted by Gasteiger charge is 2.08. The first-order valence-electron chi connectivity index (χ1n) is 4.21. The topological polar surface area (TPSA) is 54.9 Å². The fourth-order valence-corrected chi connectivity index (χ4v) is 0.832. The zero-order valence-corrected chi connectivity index (χ0v) is 8.11. The molecule has 0 aromatic carbocycles. The highest BCUT2D eigenvalue weighted by molar-refractivity contribution is 5.92. The fourth-order valence-electron chi connectivity index (χ4n) is 0.832. The monoisotopic (exact) mass is 189 g/mol. The number of hydrogen-bond donors (Lipinski definition) is 1. The number of rotatable bonds is 2. The highest BCUT2D eigenvalue weighted by atomic mass is 16.1. The molecule has 1 rings (SSSR count). The number of hydrogen-bond acceptors (Lipinski definition) is 3. The van der Waals surface area contributed by atoms with Gasteiger partial charge in [0.2, 0.25) is 0 Å². The van der Waals surface area contributed by atoms with Crippen molar-refractivity contribution in [3.8, 4) is 12.3 Å². The van der Waals surface area contributed by atoms with Crippen LogP contribution < -0.4 is 5.32 Å². The number of nitrogens with one attached hydrogen (secondary N) is 1. The second-order valence-electron chi connectivity index (χ2n) is 2.92. The summed E-state index contributed by atoms with van der Waals surface area (Å²) < 4.78 is 0. The zero-order valence-electron chi connectivity index (χ0n) is 8.11. The Balaban J connectivity index is 2.71. The van der Waals surface area contributed by atoms with Crippen molar-refractivity contribution in [2.75, 3.05) is 0 Å². The van der Waals surface area contributed by atoms with Crippen molar-refractivity contribution in [2.24, 2.45) is 0 Å². The lowest BCUT2D eigenvalue weighted by molar-refractivity contribution is 0.0942. The van der Waals surface area contributed by atoms with Gasteiger partial charge in [-0.3, -0.25) is 4.79 Å². The Kier molecular flexibility index (Phi) is 3.19. The summed E-state index contributed by atoms with van der Waals surface area (Å²) in [5.74, 6) is 2.09. The van der Waals surface area contributed by atoms with Gasteiger partial charge < -0.3 is 5.32 Å². The van der Waals surface area contributed by atoms with Gasteiger partial charge in [0.1, 0.15) is 0 Å². The number of terminal acetylenes is 1. The summed E-state index contributed by atoms with van der Waals surface area (Å²) in [4.78, 5) is 11.4. The van der Waals surface area contributed by atoms with Gasteiger partial charge in [0, 0.05) is 0 Å². The first kappa shape index (κ1) is 10.2. The Morgan fingerprint density at radius 3 is 2.79 bits per heavy atom. The predicted octanol–water partition coefficient (Wildman–Crippen LogP) is 0.537. The Hall–Kier alpha value is -1.89. The van der Waals surface area contributed by atoms with E-state index in [-0.39, 0.29) is 17.6 Å². The van der Waals surface area contributed by atoms with Crippen LogP contribution in [0.4, 0.5) is 0 Å². The number of aromatic nitrogens is 2. The fraction of sp³-hybridized carbons (Fsp3) is 0.300. The molecule has 1 unspecified atom stereocenters. The maximum absolute atomic E-state index is 11.4. The van der Waals surface area contributed by atoms with Gasteiger partial charge in [0.05, 0.1) is 11.7 Å². The quantitative estimate of drug-likeness (QED) is 0.691. The molecule has 0 bridgehead atoms. The van der Waals surface area contributed by atoms with E-state index in [1.807, 2.05) is 0 Å². The standard InChI is InChI=1S/C10H11N3O/c1-4-7(2)11-10(14)9-6-5-8(3)12-13-9/h1,5-7H,2-3H3,(H,11,14). The molecule has 1 heterocycles. The molecule has 0 saturated heterocycles. The van der Waals surface area contributed by atoms with Gasteiger partial charge in [-0.15, -0.1) is 11.5 Å². The highest BCUT2D eigenvalue weighted by Crippen LogP contribution is 1.95. The molecule has 1 amide bonds. The summed E-state index contributed by atoms with van der Waals surface area (Å²) in [6.45, 7) is 3.53. The zero-order chi connectivity index (χ0) is 10.6. The van der Waals surface area contributed by atoms with Gasteiger partial charge in [-0.25, -0.2) is 0 Å². The Morgan fingerprint density at radius 2 is 2.29 bits per heavy atom. The summed E-state index contributed by atoms with van der Waals surface area (Å²) >= 11 is 0. The molecule has 0 fully saturated rings. The van der Waals surface area contributed by atoms with E-state index in [1.165, 1.54) is 0 Å². The number of carbonyl (C=O) groups excluding carboxylic acids is 1. The first-order chi connectivity index (χ1) is 6.63. The summed E-state index contributed by atoms with van der Waals surface area (Å²) in [6.07, 6.45) is 5.12. The molecule has 0 spiro atoms. The van der Waals surface area contributed by atoms with Crippen molar-refractivity contribution in [2.45, 2.75) is 19.9 Å². The van der Waals surface area contributed by atoms with Gasteiger partial charge in [0.15, 0.2) is 5.69 Å². The second-order valence-corrected chi connectivity index (χ2v) is 2.92. The molecule has 72 valence electrons. The lowest BCUT2D eigenvalue weighted by Crippen LogP contribution is -2.32. The normalized spacial score (nSPS) is 11.5. The number of aryl methyl sites for hydroxylation is 1. The Bertz CT molecular complexity index is 364. The molecule has 0 aliphatic rings. The van der Waals surface area contributed by atoms with E-state index in [9.17, 15) is 4.79 Å². The van der Waals surface area contributed by atoms with Crippen molar-refractivity contribution >= 4 is 5.91 Å². The van der Waals surface area contributed by atoms with E-state index in [0.717, 1.165) is 5.69 Å². The number of amides is 1. The van der Waals surface area contributed by atoms with E-state index in [1.54, 1.807) is 26.0 Å². The van der Waals surface area contributed by atoms with Crippen molar-refractivity contribution in [3.63, 3.8) is 0 Å². The molecule has 1 aromatic heterocycles. The second kappa shape index (κ2) is 4.38. The van der Waals surface area contributed by atoms with Crippen LogP contribution in [0.15, 0.2) is 12.1 Å². The van der Waals surface area contributed by atoms with Crippen LogP contribution >= 0.6 is 0 Å². The maximum atomic E-state index is 11.4. The van der Waals surface area contributed by atoms with Gasteiger partial charge in [-0.05, 0) is 26.0 Å². The lowest BCUT2D eigenvalue weighted by atomic mass is 10.3. The molecule has 4 heteroatoms. The van der Waals surface area contributed by atoms with E-state index in [0.29, 0.717) is 0 Å². The van der Waals surface area contributed by atoms with Crippen LogP contribution in [0.1, 0.15) is 23.1 Å². The SMILES string of the molecule is C#CC(C)NC(=O)c1ccc(C)nn1. The lowest BCUT2D eigenvalue weighted by Gasteiger charge is -2.05. The Morgan fingerprint density at radius 1 is 1.57 bits per heavy atom. The van der Waals surface area contributed by atoms with Crippen molar-refractivity contribution in [3.05, 3.63) is 23.5 Å². The van der Waals surface area contributed by atoms with E-state index in [4.69, 9.17) is 6.42 Å². The third-order valence-electron chi connectivity index (χ3n) is 1.63. The molecule has 0 aliphatic carbocycles. The van der Waals surface area contributed by atoms with Crippen LogP contribution in [0, 0.1) is 19.3 Å². The molecule has 1 aromatic rings. The van der Waals surface area contributed by atoms with Crippen molar-refractivity contribution < 1.29 is 4.79 Å². The van der Waals surface area contributed by atoms with E-state index >= 15 is 0 Å². The number of nitrogens with zero attached hydrogens (tertiary/aromatic N) is 2. The summed E-state index contributed by atoms with van der Waals surface area (Å²) in [6, 6.07) is 3.04. The van der Waals surface area contributed by atoms with E-state index < -0.39 is 0 Å². The molecule has 0 saturated carbocycles. The van der Waals surface area contributed by atoms with Gasteiger partial charge >= 0.3 is 0 Å². The van der Waals surface area contributed by atoms with Gasteiger partial charge in [-0.1, -0.05) is 5.92 Å². The summed E-state index contributed by atoms with van der Waals surface area (Å²) in [5.41, 5.74) is 1.05. The molecule has 1 atom stereocenters. The molecule has 4 nitrogen and oxygen atoms in total. The molecule has 1 N–H and O–H groups in total. The summed E-state index contributed by atoms with van der Waals surface area (Å²) in [7, 11) is 0. The minimum atomic E-state index is -0.303. The molecule has 0 radical (unpaired) electrons. The molecule has 0 aliphatic heterocycles. The minimum absolute atomic E-state index is 0.276. The van der Waals surface area contributed by atoms with E-state index in [2.05, 4.69) is 21.4 Å². The van der Waals surface area contributed by atoms with Crippen LogP contribution in [0.5, 0.6) is 0 Å². The minimum Gasteiger partial charge on any atom is -0.337 e. The average Bonchev–Trinajstić information content (AvgIpc) is 2.18. The summed E-state index contributed by atoms with van der Waals surface area (Å²) in [5, 5.41) is 10.1. The predicted molar refractivity (Wildman–Crippen MR) is 52.5 cm³/mol. The smallest absolute Gasteiger partial charge is 0.272 e. The van der Waals surface area contributed by atoms with Crippen molar-refractivity contribution in [1.82, 2.24) is 15.5 Å². The van der Waals surface area contributed by atoms with Gasteiger partial charge in [-0.2, -0.15) is 5.10 Å². The van der Waals surface area contributed by atoms with Crippen LogP contribution in [0.2, 0.25) is 0 Å². The van der Waals surface area contributed by atoms with Crippen LogP contribution in [-0.4, -0.2) is 22.1 Å². The average molecular weight is 189 g/mol. The third-order valence-corrected chi connectivity index (χ3v) is 1.63. The van der Waals surface area contributed by atoms with Crippen LogP contribution in [-0.2, 0) is 0 Å². The largest absolute Gasteiger partial charge is 0.337 e. The maximum Gasteiger partial charge on any atom is 0.272 e. The Labute approximate surface area is 82.7 Å². The van der Waals surface area contributed by atoms with Crippen LogP contribution in [0.3, 0.4) is 0 Å². The first-order valence-corrected chi connectivity index (χ1v) is 4.21. The van der Waals surface area contributed by atoms with Crippen LogP contribution in [0.25, 0.3) is 0 Å². The van der Waals surface area contributed by atoms with Gasteiger partial charge in [0.25, 0.3) is 5.91 Å².